The number of H-pyrrole nitrogens is 2. The second-order valence-electron chi connectivity index (χ2n) is 18.4. The predicted octanol–water partition coefficient (Wildman–Crippen LogP) is 11.4. The third kappa shape index (κ3) is 16.5. The molecule has 1 amide bonds. The van der Waals surface area contributed by atoms with Gasteiger partial charge in [0.15, 0.2) is 0 Å². The second kappa shape index (κ2) is 28.2. The summed E-state index contributed by atoms with van der Waals surface area (Å²) in [4.78, 5) is 48.1. The fraction of sp³-hybridized carbons (Fsp3) is 0.0667. The van der Waals surface area contributed by atoms with Crippen LogP contribution in [-0.4, -0.2) is 88.8 Å². The highest BCUT2D eigenvalue weighted by Gasteiger charge is 2.19. The van der Waals surface area contributed by atoms with Crippen LogP contribution in [0.4, 0.5) is 46.0 Å². The van der Waals surface area contributed by atoms with E-state index >= 15 is 0 Å². The van der Waals surface area contributed by atoms with Crippen LogP contribution in [0.25, 0.3) is 44.3 Å². The van der Waals surface area contributed by atoms with Crippen LogP contribution in [0.15, 0.2) is 204 Å². The average Bonchev–Trinajstić information content (AvgIpc) is 3.69. The van der Waals surface area contributed by atoms with Crippen LogP contribution in [0.2, 0.25) is 0 Å². The van der Waals surface area contributed by atoms with Crippen LogP contribution in [0.3, 0.4) is 0 Å². The first-order chi connectivity index (χ1) is 40.9. The van der Waals surface area contributed by atoms with Gasteiger partial charge in [-0.15, -0.1) is 0 Å². The summed E-state index contributed by atoms with van der Waals surface area (Å²) in [5.74, 6) is 0.205. The standard InChI is InChI=1S/C31H28N8O3S.C25H19N7O2S.C4H4BrClO/c1-39(2)16-6-11-29(40)35-22-12-14-25(15-13-22)43(41,42)38-24-8-5-7-23(17-24)36-31-34-19-21(18-32)30(37-31)27-20-33-28-10-4-3-9-26(27)28;26-13-16-14-29-25(31-24(16)22-15-28-23-7-2-1-6-21(22)23)30-18-4-3-5-19(12-18)32-35(33,34)20-10-8-17(27)9-11-20;5-3-1-2-4(6)7/h3-15,17,19-20,33,38H,16H2,1-2H3,(H,35,40)(H,34,36,37);1-12,14-15,28,32H,27H2,(H,29,30,31);1-2H,3H2/b11-6+;;2-1+. The van der Waals surface area contributed by atoms with Crippen molar-refractivity contribution in [3.8, 4) is 34.7 Å². The maximum atomic E-state index is 13.1. The Bertz CT molecular complexity index is 4430. The van der Waals surface area contributed by atoms with Crippen molar-refractivity contribution in [1.29, 1.82) is 10.5 Å². The van der Waals surface area contributed by atoms with E-state index in [1.807, 2.05) is 73.7 Å². The number of nitrogen functional groups attached to an aromatic ring is 1. The highest BCUT2D eigenvalue weighted by atomic mass is 79.9. The highest BCUT2D eigenvalue weighted by molar-refractivity contribution is 9.09. The average molecular weight is 1260 g/mol. The number of carbonyl (C=O) groups excluding carboxylic acids is 2. The number of alkyl halides is 1. The van der Waals surface area contributed by atoms with Crippen LogP contribution in [0, 0.1) is 22.7 Å². The molecular weight excluding hydrogens is 1210 g/mol. The van der Waals surface area contributed by atoms with E-state index in [-0.39, 0.29) is 27.6 Å². The molecule has 0 atom stereocenters. The maximum Gasteiger partial charge on any atom is 0.261 e. The SMILES string of the molecule is CN(C)C/C=C/C(=O)Nc1ccc(S(=O)(=O)Nc2cccc(Nc3ncc(C#N)c(-c4c[nH]c5ccccc45)n3)c2)cc1.N#Cc1cnc(Nc2cccc(NS(=O)(=O)c3ccc(N)cc3)c2)nc1-c1c[nH]c2ccccc12.O=C(Cl)/C=C/CBr. The van der Waals surface area contributed by atoms with Crippen molar-refractivity contribution in [1.82, 2.24) is 34.8 Å². The van der Waals surface area contributed by atoms with Gasteiger partial charge in [-0.1, -0.05) is 76.6 Å². The Hall–Kier alpha value is -10.2. The number of nitriles is 2. The van der Waals surface area contributed by atoms with Gasteiger partial charge in [0.1, 0.15) is 12.1 Å². The summed E-state index contributed by atoms with van der Waals surface area (Å²) in [5, 5.41) is 30.2. The van der Waals surface area contributed by atoms with Gasteiger partial charge in [0.25, 0.3) is 20.0 Å². The van der Waals surface area contributed by atoms with Crippen molar-refractivity contribution in [2.75, 3.05) is 57.1 Å². The van der Waals surface area contributed by atoms with Gasteiger partial charge in [-0.2, -0.15) is 10.5 Å². The molecule has 0 unspecified atom stereocenters. The Labute approximate surface area is 502 Å². The number of carbonyl (C=O) groups is 2. The molecular formula is C60H51BrClN15O6S2. The molecule has 21 nitrogen and oxygen atoms in total. The molecule has 4 aromatic heterocycles. The number of rotatable bonds is 18. The number of anilines is 8. The zero-order valence-corrected chi connectivity index (χ0v) is 49.1. The number of hydrogen-bond donors (Lipinski definition) is 8. The number of hydrogen-bond acceptors (Lipinski definition) is 16. The molecule has 0 radical (unpaired) electrons. The number of nitrogens with two attached hydrogens (primary N) is 1. The second-order valence-corrected chi connectivity index (χ2v) is 22.7. The van der Waals surface area contributed by atoms with E-state index < -0.39 is 25.3 Å². The van der Waals surface area contributed by atoms with Crippen molar-refractivity contribution in [2.24, 2.45) is 0 Å². The largest absolute Gasteiger partial charge is 0.399 e. The molecule has 0 spiro atoms. The molecule has 0 saturated carbocycles. The van der Waals surface area contributed by atoms with E-state index in [9.17, 15) is 36.9 Å². The van der Waals surface area contributed by atoms with Crippen LogP contribution in [0.5, 0.6) is 0 Å². The molecule has 85 heavy (non-hydrogen) atoms. The molecule has 10 aromatic rings. The molecule has 10 rings (SSSR count). The van der Waals surface area contributed by atoms with Gasteiger partial charge in [0, 0.05) is 86.0 Å². The molecule has 25 heteroatoms. The Kier molecular flexibility index (Phi) is 20.2. The molecule has 0 aliphatic rings. The lowest BCUT2D eigenvalue weighted by Crippen LogP contribution is -2.14. The summed E-state index contributed by atoms with van der Waals surface area (Å²) in [6, 6.07) is 45.0. The number of sulfonamides is 2. The van der Waals surface area contributed by atoms with Gasteiger partial charge in [0.05, 0.1) is 56.1 Å². The van der Waals surface area contributed by atoms with E-state index in [4.69, 9.17) is 17.3 Å². The molecule has 0 aliphatic carbocycles. The smallest absolute Gasteiger partial charge is 0.261 e. The molecule has 0 saturated heterocycles. The number of fused-ring (bicyclic) bond motifs is 2. The first kappa shape index (κ1) is 60.9. The van der Waals surface area contributed by atoms with Crippen molar-refractivity contribution in [3.05, 3.63) is 206 Å². The van der Waals surface area contributed by atoms with Gasteiger partial charge in [-0.3, -0.25) is 19.0 Å². The fourth-order valence-electron chi connectivity index (χ4n) is 8.06. The molecule has 6 aromatic carbocycles. The first-order valence-corrected chi connectivity index (χ1v) is 29.9. The lowest BCUT2D eigenvalue weighted by Gasteiger charge is -2.12. The van der Waals surface area contributed by atoms with E-state index in [1.54, 1.807) is 66.9 Å². The Morgan fingerprint density at radius 2 is 1.08 bits per heavy atom. The molecule has 4 heterocycles. The normalized spacial score (nSPS) is 11.2. The Morgan fingerprint density at radius 3 is 1.52 bits per heavy atom. The van der Waals surface area contributed by atoms with Crippen LogP contribution >= 0.6 is 27.5 Å². The number of para-hydroxylation sites is 2. The summed E-state index contributed by atoms with van der Waals surface area (Å²) >= 11 is 7.99. The van der Waals surface area contributed by atoms with Crippen LogP contribution < -0.4 is 31.1 Å². The summed E-state index contributed by atoms with van der Waals surface area (Å²) in [5.41, 5.74) is 13.4. The third-order valence-electron chi connectivity index (χ3n) is 11.9. The molecule has 428 valence electrons. The fourth-order valence-corrected chi connectivity index (χ4v) is 10.4. The topological polar surface area (TPSA) is 323 Å². The number of nitrogens with zero attached hydrogens (tertiary/aromatic N) is 7. The van der Waals surface area contributed by atoms with Crippen molar-refractivity contribution in [3.63, 3.8) is 0 Å². The van der Waals surface area contributed by atoms with Crippen molar-refractivity contribution >= 4 is 127 Å². The number of benzene rings is 6. The minimum absolute atomic E-state index is 0.0332. The van der Waals surface area contributed by atoms with Crippen molar-refractivity contribution in [2.45, 2.75) is 9.79 Å². The van der Waals surface area contributed by atoms with Gasteiger partial charge in [-0.05, 0) is 129 Å². The molecule has 0 fully saturated rings. The van der Waals surface area contributed by atoms with Gasteiger partial charge in [0.2, 0.25) is 23.0 Å². The quantitative estimate of drug-likeness (QED) is 0.0171. The van der Waals surface area contributed by atoms with E-state index in [0.29, 0.717) is 68.5 Å². The summed E-state index contributed by atoms with van der Waals surface area (Å²) in [6.45, 7) is 0.625. The number of aromatic nitrogens is 6. The van der Waals surface area contributed by atoms with Crippen LogP contribution in [-0.2, 0) is 29.6 Å². The minimum Gasteiger partial charge on any atom is -0.399 e. The third-order valence-corrected chi connectivity index (χ3v) is 15.2. The molecule has 9 N–H and O–H groups in total. The zero-order chi connectivity index (χ0) is 60.5. The monoisotopic (exact) mass is 1260 g/mol. The first-order valence-electron chi connectivity index (χ1n) is 25.4. The number of aromatic amines is 2. The number of nitrogens with one attached hydrogen (secondary N) is 7. The van der Waals surface area contributed by atoms with E-state index in [1.165, 1.54) is 73.1 Å². The zero-order valence-electron chi connectivity index (χ0n) is 45.1. The summed E-state index contributed by atoms with van der Waals surface area (Å²) < 4.78 is 56.7. The van der Waals surface area contributed by atoms with Gasteiger partial charge < -0.3 is 36.6 Å². The Morgan fingerprint density at radius 1 is 0.624 bits per heavy atom. The summed E-state index contributed by atoms with van der Waals surface area (Å²) in [6.07, 6.45) is 12.6. The van der Waals surface area contributed by atoms with Gasteiger partial charge in [-0.25, -0.2) is 36.8 Å². The van der Waals surface area contributed by atoms with Crippen LogP contribution in [0.1, 0.15) is 11.1 Å². The van der Waals surface area contributed by atoms with Crippen molar-refractivity contribution < 1.29 is 26.4 Å². The number of allylic oxidation sites excluding steroid dienone is 2. The number of amides is 1. The summed E-state index contributed by atoms with van der Waals surface area (Å²) in [7, 11) is -3.92. The lowest BCUT2D eigenvalue weighted by atomic mass is 10.1. The molecule has 0 bridgehead atoms. The van der Waals surface area contributed by atoms with E-state index in [2.05, 4.69) is 83.4 Å². The maximum absolute atomic E-state index is 13.1. The minimum atomic E-state index is -3.92. The highest BCUT2D eigenvalue weighted by Crippen LogP contribution is 2.33. The Balaban J connectivity index is 0.000000202. The van der Waals surface area contributed by atoms with E-state index in [0.717, 1.165) is 32.9 Å². The number of halogens is 2. The lowest BCUT2D eigenvalue weighted by molar-refractivity contribution is -0.112. The van der Waals surface area contributed by atoms with Gasteiger partial charge >= 0.3 is 0 Å². The predicted molar refractivity (Wildman–Crippen MR) is 337 cm³/mol. The number of likely N-dealkylation sites (N-methyl/N-ethyl adjacent to an activating group) is 1. The molecule has 0 aliphatic heterocycles.